The number of carbonyl (C=O) groups excluding carboxylic acids is 1. The number of Topliss-reactive ketones (excluding diaryl/α,β-unsaturated/α-hetero) is 1. The molecular weight excluding hydrogens is 450 g/mol. The van der Waals surface area contributed by atoms with E-state index in [1.165, 1.54) is 35.5 Å². The number of nitrogens with zero attached hydrogens (tertiary/aromatic N) is 4. The minimum atomic E-state index is -2.47. The Kier molecular flexibility index (Phi) is 8.40. The minimum absolute atomic E-state index is 0.202. The van der Waals surface area contributed by atoms with Gasteiger partial charge in [0.15, 0.2) is 12.4 Å². The first-order chi connectivity index (χ1) is 15.9. The van der Waals surface area contributed by atoms with Gasteiger partial charge < -0.3 is 14.2 Å². The molecule has 1 saturated carbocycles. The van der Waals surface area contributed by atoms with Crippen LogP contribution in [0.4, 0.5) is 8.78 Å². The monoisotopic (exact) mass is 482 g/mol. The van der Waals surface area contributed by atoms with E-state index in [0.29, 0.717) is 29.2 Å². The van der Waals surface area contributed by atoms with Crippen LogP contribution in [0.3, 0.4) is 0 Å². The molecule has 0 spiro atoms. The van der Waals surface area contributed by atoms with Crippen molar-refractivity contribution in [1.29, 1.82) is 0 Å². The zero-order valence-electron chi connectivity index (χ0n) is 19.1. The molecule has 10 heteroatoms. The smallest absolute Gasteiger partial charge is 0.273 e. The molecule has 2 aromatic heterocycles. The number of aryl methyl sites for hydroxylation is 1. The fraction of sp³-hybridized carbons (Fsp3) is 0.739. The maximum absolute atomic E-state index is 12.3. The lowest BCUT2D eigenvalue weighted by Crippen LogP contribution is -2.30. The minimum Gasteiger partial charge on any atom is -0.464 e. The van der Waals surface area contributed by atoms with E-state index in [4.69, 9.17) is 9.26 Å². The van der Waals surface area contributed by atoms with E-state index in [0.717, 1.165) is 56.9 Å². The van der Waals surface area contributed by atoms with Crippen molar-refractivity contribution in [1.82, 2.24) is 20.0 Å². The molecule has 1 aliphatic heterocycles. The van der Waals surface area contributed by atoms with E-state index in [-0.39, 0.29) is 12.2 Å². The van der Waals surface area contributed by atoms with Gasteiger partial charge in [-0.25, -0.2) is 13.8 Å². The first-order valence-corrected chi connectivity index (χ1v) is 12.7. The van der Waals surface area contributed by atoms with Crippen LogP contribution in [0.15, 0.2) is 4.52 Å². The number of rotatable bonds is 10. The molecule has 7 nitrogen and oxygen atoms in total. The van der Waals surface area contributed by atoms with Gasteiger partial charge >= 0.3 is 0 Å². The highest BCUT2D eigenvalue weighted by molar-refractivity contribution is 7.13. The molecule has 182 valence electrons. The predicted molar refractivity (Wildman–Crippen MR) is 120 cm³/mol. The fourth-order valence-corrected chi connectivity index (χ4v) is 5.83. The highest BCUT2D eigenvalue weighted by Crippen LogP contribution is 2.33. The second kappa shape index (κ2) is 11.5. The van der Waals surface area contributed by atoms with Crippen LogP contribution < -0.4 is 4.74 Å². The third-order valence-electron chi connectivity index (χ3n) is 6.67. The lowest BCUT2D eigenvalue weighted by atomic mass is 9.78. The van der Waals surface area contributed by atoms with Crippen LogP contribution in [0, 0.1) is 18.8 Å². The number of ketones is 1. The standard InChI is InChI=1S/C23H32F2N4O3S/c1-15-26-22(28-32-15)13-18(30)12-17-4-2-16(3-5-17)6-9-29-10-7-19-20(8-11-29)33-23(27-19)31-14-21(24)25/h16-17,21H,2-14H2,1H3. The SMILES string of the molecule is Cc1nc(CC(=O)CC2CCC(CCN3CCc4nc(OCC(F)F)sc4CC3)CC2)no1. The van der Waals surface area contributed by atoms with Gasteiger partial charge in [-0.3, -0.25) is 4.79 Å². The molecule has 0 unspecified atom stereocenters. The van der Waals surface area contributed by atoms with Crippen LogP contribution in [-0.4, -0.2) is 58.5 Å². The Morgan fingerprint density at radius 1 is 1.18 bits per heavy atom. The van der Waals surface area contributed by atoms with Crippen molar-refractivity contribution < 1.29 is 22.8 Å². The van der Waals surface area contributed by atoms with E-state index in [9.17, 15) is 13.6 Å². The number of ether oxygens (including phenoxy) is 1. The molecule has 0 amide bonds. The zero-order valence-corrected chi connectivity index (χ0v) is 19.9. The number of thiazole rings is 1. The molecule has 0 radical (unpaired) electrons. The summed E-state index contributed by atoms with van der Waals surface area (Å²) in [5, 5.41) is 4.19. The molecule has 3 heterocycles. The highest BCUT2D eigenvalue weighted by Gasteiger charge is 2.25. The molecule has 0 atom stereocenters. The molecule has 1 fully saturated rings. The van der Waals surface area contributed by atoms with Crippen LogP contribution in [0.1, 0.15) is 60.8 Å². The van der Waals surface area contributed by atoms with Crippen molar-refractivity contribution in [2.24, 2.45) is 11.8 Å². The molecule has 0 N–H and O–H groups in total. The molecule has 0 saturated heterocycles. The van der Waals surface area contributed by atoms with Crippen LogP contribution in [-0.2, 0) is 24.1 Å². The van der Waals surface area contributed by atoms with Gasteiger partial charge in [-0.15, -0.1) is 0 Å². The maximum Gasteiger partial charge on any atom is 0.273 e. The van der Waals surface area contributed by atoms with Gasteiger partial charge in [-0.1, -0.05) is 29.3 Å². The third kappa shape index (κ3) is 7.27. The third-order valence-corrected chi connectivity index (χ3v) is 7.74. The number of hydrogen-bond acceptors (Lipinski definition) is 8. The Labute approximate surface area is 196 Å². The normalized spacial score (nSPS) is 21.7. The Hall–Kier alpha value is -1.94. The summed E-state index contributed by atoms with van der Waals surface area (Å²) in [6.45, 7) is 4.14. The first kappa shape index (κ1) is 24.2. The van der Waals surface area contributed by atoms with Crippen LogP contribution in [0.5, 0.6) is 5.19 Å². The molecule has 0 aromatic carbocycles. The van der Waals surface area contributed by atoms with Crippen molar-refractivity contribution in [3.63, 3.8) is 0 Å². The summed E-state index contributed by atoms with van der Waals surface area (Å²) in [4.78, 5) is 24.5. The summed E-state index contributed by atoms with van der Waals surface area (Å²) in [5.74, 6) is 2.39. The van der Waals surface area contributed by atoms with Crippen molar-refractivity contribution in [2.75, 3.05) is 26.2 Å². The van der Waals surface area contributed by atoms with Gasteiger partial charge in [0.05, 0.1) is 12.1 Å². The molecule has 4 rings (SSSR count). The molecular formula is C23H32F2N4O3S. The number of hydrogen-bond donors (Lipinski definition) is 0. The largest absolute Gasteiger partial charge is 0.464 e. The number of fused-ring (bicyclic) bond motifs is 1. The van der Waals surface area contributed by atoms with E-state index in [1.807, 2.05) is 0 Å². The van der Waals surface area contributed by atoms with Crippen LogP contribution in [0.25, 0.3) is 0 Å². The first-order valence-electron chi connectivity index (χ1n) is 11.9. The summed E-state index contributed by atoms with van der Waals surface area (Å²) in [6.07, 6.45) is 5.96. The summed E-state index contributed by atoms with van der Waals surface area (Å²) in [7, 11) is 0. The number of halogens is 2. The highest BCUT2D eigenvalue weighted by atomic mass is 32.1. The summed E-state index contributed by atoms with van der Waals surface area (Å²) in [5.41, 5.74) is 1.01. The molecule has 2 aliphatic rings. The second-order valence-corrected chi connectivity index (χ2v) is 10.3. The van der Waals surface area contributed by atoms with Gasteiger partial charge in [0.1, 0.15) is 5.78 Å². The molecule has 0 bridgehead atoms. The van der Waals surface area contributed by atoms with Crippen molar-refractivity contribution in [2.45, 2.75) is 71.1 Å². The number of aromatic nitrogens is 3. The summed E-state index contributed by atoms with van der Waals surface area (Å²) in [6, 6.07) is 0. The van der Waals surface area contributed by atoms with Gasteiger partial charge in [0.25, 0.3) is 11.6 Å². The zero-order chi connectivity index (χ0) is 23.2. The second-order valence-electron chi connectivity index (χ2n) is 9.22. The van der Waals surface area contributed by atoms with Crippen LogP contribution >= 0.6 is 11.3 Å². The van der Waals surface area contributed by atoms with Crippen molar-refractivity contribution in [3.8, 4) is 5.19 Å². The number of carbonyl (C=O) groups is 1. The van der Waals surface area contributed by atoms with Crippen molar-refractivity contribution in [3.05, 3.63) is 22.3 Å². The Morgan fingerprint density at radius 2 is 1.94 bits per heavy atom. The molecule has 33 heavy (non-hydrogen) atoms. The Morgan fingerprint density at radius 3 is 2.67 bits per heavy atom. The maximum atomic E-state index is 12.3. The van der Waals surface area contributed by atoms with Gasteiger partial charge in [0.2, 0.25) is 5.89 Å². The lowest BCUT2D eigenvalue weighted by Gasteiger charge is -2.30. The van der Waals surface area contributed by atoms with E-state index >= 15 is 0 Å². The lowest BCUT2D eigenvalue weighted by molar-refractivity contribution is -0.119. The molecule has 2 aromatic rings. The summed E-state index contributed by atoms with van der Waals surface area (Å²) < 4.78 is 34.7. The van der Waals surface area contributed by atoms with E-state index < -0.39 is 13.0 Å². The average molecular weight is 483 g/mol. The Bertz CT molecular complexity index is 886. The van der Waals surface area contributed by atoms with E-state index in [2.05, 4.69) is 20.0 Å². The fourth-order valence-electron chi connectivity index (χ4n) is 4.88. The number of alkyl halides is 2. The van der Waals surface area contributed by atoms with Crippen LogP contribution in [0.2, 0.25) is 0 Å². The van der Waals surface area contributed by atoms with E-state index in [1.54, 1.807) is 6.92 Å². The van der Waals surface area contributed by atoms with Gasteiger partial charge in [-0.2, -0.15) is 4.98 Å². The quantitative estimate of drug-likeness (QED) is 0.500. The van der Waals surface area contributed by atoms with Gasteiger partial charge in [-0.05, 0) is 44.1 Å². The van der Waals surface area contributed by atoms with Crippen molar-refractivity contribution >= 4 is 17.1 Å². The molecule has 1 aliphatic carbocycles. The van der Waals surface area contributed by atoms with Gasteiger partial charge in [0, 0.05) is 37.7 Å². The summed E-state index contributed by atoms with van der Waals surface area (Å²) >= 11 is 1.41. The Balaban J connectivity index is 1.13. The predicted octanol–water partition coefficient (Wildman–Crippen LogP) is 4.28. The topological polar surface area (TPSA) is 81.4 Å². The average Bonchev–Trinajstić information content (AvgIpc) is 3.32.